The number of nitrogens with zero attached hydrogens (tertiary/aromatic N) is 1. The fourth-order valence-electron chi connectivity index (χ4n) is 3.25. The van der Waals surface area contributed by atoms with Gasteiger partial charge < -0.3 is 20.3 Å². The fraction of sp³-hybridized carbons (Fsp3) is 0.556. The maximum atomic E-state index is 12.2. The van der Waals surface area contributed by atoms with Crippen molar-refractivity contribution in [2.75, 3.05) is 6.54 Å². The lowest BCUT2D eigenvalue weighted by Crippen LogP contribution is -2.49. The molecule has 1 atom stereocenters. The summed E-state index contributed by atoms with van der Waals surface area (Å²) in [6, 6.07) is 7.64. The Morgan fingerprint density at radius 2 is 2.04 bits per heavy atom. The molecule has 6 nitrogen and oxygen atoms in total. The van der Waals surface area contributed by atoms with Crippen LogP contribution in [0.25, 0.3) is 0 Å². The highest BCUT2D eigenvalue weighted by Crippen LogP contribution is 2.29. The molecule has 0 aromatic heterocycles. The molecule has 25 heavy (non-hydrogen) atoms. The monoisotopic (exact) mass is 346 g/mol. The number of hydrogen-bond acceptors (Lipinski definition) is 4. The van der Waals surface area contributed by atoms with Gasteiger partial charge in [0.25, 0.3) is 0 Å². The molecule has 0 spiro atoms. The summed E-state index contributed by atoms with van der Waals surface area (Å²) in [6.07, 6.45) is 1.79. The molecule has 1 aromatic rings. The molecule has 3 N–H and O–H groups in total. The molecule has 1 saturated heterocycles. The second-order valence-electron chi connectivity index (χ2n) is 7.33. The van der Waals surface area contributed by atoms with Crippen LogP contribution in [0.3, 0.4) is 0 Å². The standard InChI is InChI=1S/C18H27BN2O4/c1-13-6-4-5-7-14(13)12-15(19(24)25)20-16(22)9-11-21-17(23)8-10-18(21,2)3/h4-7,15,24-25H,8-12H2,1-3H3,(H,20,22)/t15-/m0/s1. The molecule has 2 amide bonds. The largest absolute Gasteiger partial charge is 0.475 e. The third kappa shape index (κ3) is 5.06. The number of likely N-dealkylation sites (tertiary alicyclic amines) is 1. The van der Waals surface area contributed by atoms with Crippen molar-refractivity contribution in [1.29, 1.82) is 0 Å². The second kappa shape index (κ2) is 8.02. The maximum absolute atomic E-state index is 12.2. The minimum atomic E-state index is -1.64. The Morgan fingerprint density at radius 3 is 2.60 bits per heavy atom. The Balaban J connectivity index is 1.92. The molecule has 136 valence electrons. The molecule has 1 aliphatic rings. The number of hydrogen-bond donors (Lipinski definition) is 3. The van der Waals surface area contributed by atoms with Crippen LogP contribution in [0.1, 0.15) is 44.2 Å². The molecule has 0 radical (unpaired) electrons. The first-order valence-electron chi connectivity index (χ1n) is 8.71. The summed E-state index contributed by atoms with van der Waals surface area (Å²) < 4.78 is 0. The lowest BCUT2D eigenvalue weighted by atomic mass is 9.75. The zero-order valence-electron chi connectivity index (χ0n) is 15.2. The van der Waals surface area contributed by atoms with Crippen molar-refractivity contribution in [2.24, 2.45) is 0 Å². The Labute approximate surface area is 149 Å². The van der Waals surface area contributed by atoms with Crippen LogP contribution >= 0.6 is 0 Å². The Kier molecular flexibility index (Phi) is 6.24. The number of benzene rings is 1. The third-order valence-corrected chi connectivity index (χ3v) is 4.95. The van der Waals surface area contributed by atoms with Crippen LogP contribution in [0, 0.1) is 6.92 Å². The van der Waals surface area contributed by atoms with Crippen LogP contribution in [0.2, 0.25) is 0 Å². The van der Waals surface area contributed by atoms with Crippen LogP contribution < -0.4 is 5.32 Å². The molecular weight excluding hydrogens is 319 g/mol. The molecule has 1 fully saturated rings. The molecule has 1 aliphatic heterocycles. The molecular formula is C18H27BN2O4. The van der Waals surface area contributed by atoms with Gasteiger partial charge in [0.1, 0.15) is 0 Å². The molecule has 1 aromatic carbocycles. The zero-order valence-corrected chi connectivity index (χ0v) is 15.2. The summed E-state index contributed by atoms with van der Waals surface area (Å²) in [4.78, 5) is 25.9. The van der Waals surface area contributed by atoms with Crippen LogP contribution in [-0.4, -0.2) is 51.9 Å². The van der Waals surface area contributed by atoms with Gasteiger partial charge in [-0.05, 0) is 44.7 Å². The summed E-state index contributed by atoms with van der Waals surface area (Å²) in [5.74, 6) is -1.01. The molecule has 7 heteroatoms. The highest BCUT2D eigenvalue weighted by Gasteiger charge is 2.37. The van der Waals surface area contributed by atoms with E-state index in [1.807, 2.05) is 45.0 Å². The SMILES string of the molecule is Cc1ccccc1C[C@H](NC(=O)CCN1C(=O)CCC1(C)C)B(O)O. The number of carbonyl (C=O) groups is 2. The van der Waals surface area contributed by atoms with E-state index in [0.717, 1.165) is 17.5 Å². The van der Waals surface area contributed by atoms with E-state index in [0.29, 0.717) is 19.4 Å². The van der Waals surface area contributed by atoms with Gasteiger partial charge in [0.05, 0.1) is 5.94 Å². The van der Waals surface area contributed by atoms with Crippen molar-refractivity contribution in [3.8, 4) is 0 Å². The Morgan fingerprint density at radius 1 is 1.36 bits per heavy atom. The van der Waals surface area contributed by atoms with Crippen LogP contribution in [0.5, 0.6) is 0 Å². The number of amides is 2. The van der Waals surface area contributed by atoms with Crippen molar-refractivity contribution in [3.05, 3.63) is 35.4 Å². The maximum Gasteiger partial charge on any atom is 0.475 e. The van der Waals surface area contributed by atoms with Gasteiger partial charge in [0.15, 0.2) is 0 Å². The number of rotatable bonds is 7. The van der Waals surface area contributed by atoms with E-state index in [2.05, 4.69) is 5.32 Å². The normalized spacial score (nSPS) is 17.5. The first-order chi connectivity index (χ1) is 11.7. The van der Waals surface area contributed by atoms with Gasteiger partial charge in [0, 0.05) is 24.9 Å². The number of aryl methyl sites for hydroxylation is 1. The molecule has 0 unspecified atom stereocenters. The van der Waals surface area contributed by atoms with E-state index in [1.165, 1.54) is 0 Å². The zero-order chi connectivity index (χ0) is 18.6. The smallest absolute Gasteiger partial charge is 0.426 e. The Bertz CT molecular complexity index is 633. The fourth-order valence-corrected chi connectivity index (χ4v) is 3.25. The first kappa shape index (κ1) is 19.5. The number of carbonyl (C=O) groups excluding carboxylic acids is 2. The van der Waals surface area contributed by atoms with Crippen LogP contribution in [-0.2, 0) is 16.0 Å². The van der Waals surface area contributed by atoms with E-state index >= 15 is 0 Å². The van der Waals surface area contributed by atoms with E-state index in [4.69, 9.17) is 0 Å². The predicted octanol–water partition coefficient (Wildman–Crippen LogP) is 0.825. The van der Waals surface area contributed by atoms with Gasteiger partial charge in [-0.15, -0.1) is 0 Å². The summed E-state index contributed by atoms with van der Waals surface area (Å²) in [5, 5.41) is 21.9. The average Bonchev–Trinajstić information content (AvgIpc) is 2.79. The van der Waals surface area contributed by atoms with Gasteiger partial charge >= 0.3 is 7.12 Å². The van der Waals surface area contributed by atoms with E-state index < -0.39 is 13.1 Å². The van der Waals surface area contributed by atoms with Crippen LogP contribution in [0.4, 0.5) is 0 Å². The quantitative estimate of drug-likeness (QED) is 0.638. The molecule has 0 saturated carbocycles. The first-order valence-corrected chi connectivity index (χ1v) is 8.71. The number of nitrogens with one attached hydrogen (secondary N) is 1. The summed E-state index contributed by atoms with van der Waals surface area (Å²) in [7, 11) is -1.64. The Hall–Kier alpha value is -1.86. The van der Waals surface area contributed by atoms with Gasteiger partial charge in [-0.25, -0.2) is 0 Å². The van der Waals surface area contributed by atoms with Crippen molar-refractivity contribution in [3.63, 3.8) is 0 Å². The molecule has 0 aliphatic carbocycles. The average molecular weight is 346 g/mol. The minimum Gasteiger partial charge on any atom is -0.426 e. The highest BCUT2D eigenvalue weighted by molar-refractivity contribution is 6.43. The van der Waals surface area contributed by atoms with E-state index in [1.54, 1.807) is 4.90 Å². The van der Waals surface area contributed by atoms with Crippen molar-refractivity contribution in [2.45, 2.75) is 57.9 Å². The predicted molar refractivity (Wildman–Crippen MR) is 96.6 cm³/mol. The minimum absolute atomic E-state index is 0.0662. The van der Waals surface area contributed by atoms with E-state index in [9.17, 15) is 19.6 Å². The van der Waals surface area contributed by atoms with Gasteiger partial charge in [-0.1, -0.05) is 24.3 Å². The summed E-state index contributed by atoms with van der Waals surface area (Å²) >= 11 is 0. The topological polar surface area (TPSA) is 89.9 Å². The van der Waals surface area contributed by atoms with Gasteiger partial charge in [-0.3, -0.25) is 9.59 Å². The molecule has 1 heterocycles. The lowest BCUT2D eigenvalue weighted by Gasteiger charge is -2.31. The molecule has 0 bridgehead atoms. The van der Waals surface area contributed by atoms with Gasteiger partial charge in [0.2, 0.25) is 11.8 Å². The van der Waals surface area contributed by atoms with Crippen molar-refractivity contribution < 1.29 is 19.6 Å². The van der Waals surface area contributed by atoms with Crippen molar-refractivity contribution in [1.82, 2.24) is 10.2 Å². The summed E-state index contributed by atoms with van der Waals surface area (Å²) in [5.41, 5.74) is 1.76. The van der Waals surface area contributed by atoms with E-state index in [-0.39, 0.29) is 23.8 Å². The lowest BCUT2D eigenvalue weighted by molar-refractivity contribution is -0.131. The van der Waals surface area contributed by atoms with Gasteiger partial charge in [-0.2, -0.15) is 0 Å². The second-order valence-corrected chi connectivity index (χ2v) is 7.33. The summed E-state index contributed by atoms with van der Waals surface area (Å²) in [6.45, 7) is 6.28. The van der Waals surface area contributed by atoms with Crippen molar-refractivity contribution >= 4 is 18.9 Å². The molecule has 2 rings (SSSR count). The van der Waals surface area contributed by atoms with Crippen LogP contribution in [0.15, 0.2) is 24.3 Å². The highest BCUT2D eigenvalue weighted by atomic mass is 16.4. The third-order valence-electron chi connectivity index (χ3n) is 4.95.